The van der Waals surface area contributed by atoms with Gasteiger partial charge >= 0.3 is 0 Å². The van der Waals surface area contributed by atoms with Crippen LogP contribution in [0.2, 0.25) is 0 Å². The number of rotatable bonds is 15. The van der Waals surface area contributed by atoms with Crippen LogP contribution in [0.15, 0.2) is 12.2 Å². The molecule has 0 aromatic heterocycles. The first-order valence-corrected chi connectivity index (χ1v) is 8.77. The maximum Gasteiger partial charge on any atom is 0.0106 e. The molecule has 0 fully saturated rings. The summed E-state index contributed by atoms with van der Waals surface area (Å²) >= 11 is 0. The molecule has 0 aromatic rings. The molecule has 0 heterocycles. The molecule has 19 heavy (non-hydrogen) atoms. The zero-order valence-electron chi connectivity index (χ0n) is 13.3. The van der Waals surface area contributed by atoms with E-state index >= 15 is 0 Å². The van der Waals surface area contributed by atoms with Crippen molar-refractivity contribution < 1.29 is 0 Å². The summed E-state index contributed by atoms with van der Waals surface area (Å²) in [5, 5.41) is 0. The van der Waals surface area contributed by atoms with Crippen molar-refractivity contribution in [2.24, 2.45) is 5.73 Å². The molecule has 0 aliphatic carbocycles. The lowest BCUT2D eigenvalue weighted by atomic mass is 10.0. The van der Waals surface area contributed by atoms with Crippen LogP contribution in [0.1, 0.15) is 96.8 Å². The van der Waals surface area contributed by atoms with Crippen molar-refractivity contribution in [3.05, 3.63) is 12.2 Å². The molecule has 0 saturated carbocycles. The van der Waals surface area contributed by atoms with Crippen LogP contribution in [-0.2, 0) is 0 Å². The summed E-state index contributed by atoms with van der Waals surface area (Å²) in [6.07, 6.45) is 24.1. The summed E-state index contributed by atoms with van der Waals surface area (Å²) in [4.78, 5) is 0. The van der Waals surface area contributed by atoms with Gasteiger partial charge in [-0.05, 0) is 12.8 Å². The summed E-state index contributed by atoms with van der Waals surface area (Å²) in [6.45, 7) is 2.98. The molecule has 0 saturated heterocycles. The minimum atomic E-state index is 0.693. The Morgan fingerprint density at radius 3 is 1.42 bits per heavy atom. The van der Waals surface area contributed by atoms with E-state index in [2.05, 4.69) is 19.1 Å². The number of unbranched alkanes of at least 4 members (excludes halogenated alkanes) is 13. The Hall–Kier alpha value is -0.300. The molecular weight excluding hydrogens is 230 g/mol. The van der Waals surface area contributed by atoms with Crippen molar-refractivity contribution in [1.29, 1.82) is 0 Å². The van der Waals surface area contributed by atoms with E-state index in [0.29, 0.717) is 6.54 Å². The van der Waals surface area contributed by atoms with Gasteiger partial charge in [-0.25, -0.2) is 0 Å². The van der Waals surface area contributed by atoms with Gasteiger partial charge < -0.3 is 5.73 Å². The third-order valence-electron chi connectivity index (χ3n) is 3.78. The van der Waals surface area contributed by atoms with Crippen LogP contribution in [0.3, 0.4) is 0 Å². The van der Waals surface area contributed by atoms with Gasteiger partial charge in [-0.3, -0.25) is 0 Å². The molecule has 0 unspecified atom stereocenters. The fourth-order valence-electron chi connectivity index (χ4n) is 2.49. The van der Waals surface area contributed by atoms with Gasteiger partial charge in [-0.2, -0.15) is 0 Å². The molecule has 0 aliphatic rings. The fraction of sp³-hybridized carbons (Fsp3) is 0.889. The van der Waals surface area contributed by atoms with E-state index < -0.39 is 0 Å². The Bertz CT molecular complexity index is 175. The highest BCUT2D eigenvalue weighted by molar-refractivity contribution is 4.81. The van der Waals surface area contributed by atoms with Gasteiger partial charge in [-0.1, -0.05) is 96.1 Å². The average Bonchev–Trinajstić information content (AvgIpc) is 2.43. The summed E-state index contributed by atoms with van der Waals surface area (Å²) in [5.74, 6) is 0. The number of nitrogens with two attached hydrogens (primary N) is 1. The zero-order chi connectivity index (χ0) is 14.0. The van der Waals surface area contributed by atoms with E-state index in [0.717, 1.165) is 0 Å². The quantitative estimate of drug-likeness (QED) is 0.286. The second kappa shape index (κ2) is 17.7. The molecule has 0 radical (unpaired) electrons. The summed E-state index contributed by atoms with van der Waals surface area (Å²) in [6, 6.07) is 0. The highest BCUT2D eigenvalue weighted by atomic mass is 14.5. The lowest BCUT2D eigenvalue weighted by molar-refractivity contribution is 0.540. The SMILES string of the molecule is CCCCCCCCCCCCCCC/C=C/CN. The summed E-state index contributed by atoms with van der Waals surface area (Å²) < 4.78 is 0. The van der Waals surface area contributed by atoms with E-state index in [9.17, 15) is 0 Å². The van der Waals surface area contributed by atoms with Gasteiger partial charge in [0.25, 0.3) is 0 Å². The van der Waals surface area contributed by atoms with Crippen LogP contribution in [0, 0.1) is 0 Å². The molecule has 2 N–H and O–H groups in total. The molecule has 0 rings (SSSR count). The third kappa shape index (κ3) is 17.7. The first-order valence-electron chi connectivity index (χ1n) is 8.77. The van der Waals surface area contributed by atoms with Crippen LogP contribution in [0.5, 0.6) is 0 Å². The van der Waals surface area contributed by atoms with Crippen molar-refractivity contribution in [3.63, 3.8) is 0 Å². The molecule has 0 aliphatic heterocycles. The van der Waals surface area contributed by atoms with Crippen molar-refractivity contribution >= 4 is 0 Å². The number of hydrogen-bond donors (Lipinski definition) is 1. The number of allylic oxidation sites excluding steroid dienone is 1. The van der Waals surface area contributed by atoms with Gasteiger partial charge in [-0.15, -0.1) is 0 Å². The maximum atomic E-state index is 5.40. The smallest absolute Gasteiger partial charge is 0.0106 e. The van der Waals surface area contributed by atoms with E-state index in [4.69, 9.17) is 5.73 Å². The van der Waals surface area contributed by atoms with Crippen LogP contribution >= 0.6 is 0 Å². The monoisotopic (exact) mass is 267 g/mol. The highest BCUT2D eigenvalue weighted by Gasteiger charge is 1.93. The van der Waals surface area contributed by atoms with Crippen LogP contribution in [0.25, 0.3) is 0 Å². The maximum absolute atomic E-state index is 5.40. The summed E-state index contributed by atoms with van der Waals surface area (Å²) in [7, 11) is 0. The molecular formula is C18H37N. The van der Waals surface area contributed by atoms with Gasteiger partial charge in [0.1, 0.15) is 0 Å². The lowest BCUT2D eigenvalue weighted by Gasteiger charge is -2.02. The first-order chi connectivity index (χ1) is 9.41. The Morgan fingerprint density at radius 1 is 0.579 bits per heavy atom. The van der Waals surface area contributed by atoms with Crippen molar-refractivity contribution in [3.8, 4) is 0 Å². The first kappa shape index (κ1) is 18.7. The largest absolute Gasteiger partial charge is 0.327 e. The zero-order valence-corrected chi connectivity index (χ0v) is 13.3. The normalized spacial score (nSPS) is 11.5. The topological polar surface area (TPSA) is 26.0 Å². The molecule has 1 nitrogen and oxygen atoms in total. The average molecular weight is 268 g/mol. The molecule has 114 valence electrons. The Kier molecular flexibility index (Phi) is 17.4. The molecule has 0 atom stereocenters. The van der Waals surface area contributed by atoms with Gasteiger partial charge in [0, 0.05) is 6.54 Å². The molecule has 0 aromatic carbocycles. The fourth-order valence-corrected chi connectivity index (χ4v) is 2.49. The van der Waals surface area contributed by atoms with E-state index in [1.165, 1.54) is 89.9 Å². The van der Waals surface area contributed by atoms with Crippen molar-refractivity contribution in [2.75, 3.05) is 6.54 Å². The minimum absolute atomic E-state index is 0.693. The summed E-state index contributed by atoms with van der Waals surface area (Å²) in [5.41, 5.74) is 5.40. The second-order valence-corrected chi connectivity index (χ2v) is 5.74. The molecule has 0 spiro atoms. The van der Waals surface area contributed by atoms with Crippen molar-refractivity contribution in [1.82, 2.24) is 0 Å². The highest BCUT2D eigenvalue weighted by Crippen LogP contribution is 2.12. The molecule has 1 heteroatoms. The van der Waals surface area contributed by atoms with Crippen LogP contribution < -0.4 is 5.73 Å². The Morgan fingerprint density at radius 2 is 1.00 bits per heavy atom. The van der Waals surface area contributed by atoms with Gasteiger partial charge in [0.2, 0.25) is 0 Å². The Balaban J connectivity index is 2.93. The van der Waals surface area contributed by atoms with Crippen LogP contribution in [-0.4, -0.2) is 6.54 Å². The van der Waals surface area contributed by atoms with E-state index in [-0.39, 0.29) is 0 Å². The molecule has 0 amide bonds. The Labute approximate surface area is 122 Å². The number of hydrogen-bond acceptors (Lipinski definition) is 1. The van der Waals surface area contributed by atoms with Gasteiger partial charge in [0.05, 0.1) is 0 Å². The van der Waals surface area contributed by atoms with Crippen molar-refractivity contribution in [2.45, 2.75) is 96.8 Å². The minimum Gasteiger partial charge on any atom is -0.327 e. The predicted molar refractivity (Wildman–Crippen MR) is 88.5 cm³/mol. The van der Waals surface area contributed by atoms with E-state index in [1.54, 1.807) is 0 Å². The lowest BCUT2D eigenvalue weighted by Crippen LogP contribution is -1.91. The van der Waals surface area contributed by atoms with E-state index in [1.807, 2.05) is 0 Å². The standard InChI is InChI=1S/C18H37N/c1-2-3-4-5-6-7-8-9-10-11-12-13-14-15-16-17-18-19/h16-17H,2-15,18-19H2,1H3/b17-16+. The molecule has 0 bridgehead atoms. The third-order valence-corrected chi connectivity index (χ3v) is 3.78. The predicted octanol–water partition coefficient (Wildman–Crippen LogP) is 5.98. The van der Waals surface area contributed by atoms with Crippen LogP contribution in [0.4, 0.5) is 0 Å². The van der Waals surface area contributed by atoms with Gasteiger partial charge in [0.15, 0.2) is 0 Å². The second-order valence-electron chi connectivity index (χ2n) is 5.74.